The van der Waals surface area contributed by atoms with E-state index in [0.29, 0.717) is 0 Å². The summed E-state index contributed by atoms with van der Waals surface area (Å²) >= 11 is 0. The molecule has 0 aromatic rings. The normalized spacial score (nSPS) is 49.0. The molecule has 0 aliphatic carbocycles. The molecule has 11 heteroatoms. The molecule has 11 nitrogen and oxygen atoms in total. The molecule has 142 valence electrons. The van der Waals surface area contributed by atoms with E-state index in [1.54, 1.807) is 0 Å². The van der Waals surface area contributed by atoms with Gasteiger partial charge in [0, 0.05) is 7.11 Å². The van der Waals surface area contributed by atoms with Crippen LogP contribution in [-0.4, -0.2) is 117 Å². The van der Waals surface area contributed by atoms with Gasteiger partial charge in [0.1, 0.15) is 43.2 Å². The Hall–Kier alpha value is -0.440. The Morgan fingerprint density at radius 2 is 1.46 bits per heavy atom. The van der Waals surface area contributed by atoms with Crippen molar-refractivity contribution < 1.29 is 54.7 Å². The van der Waals surface area contributed by atoms with Gasteiger partial charge < -0.3 is 54.7 Å². The van der Waals surface area contributed by atoms with Crippen LogP contribution in [0.15, 0.2) is 0 Å². The van der Waals surface area contributed by atoms with Gasteiger partial charge in [0.25, 0.3) is 0 Å². The molecule has 0 aromatic carbocycles. The van der Waals surface area contributed by atoms with Crippen LogP contribution in [0, 0.1) is 0 Å². The van der Waals surface area contributed by atoms with Crippen LogP contribution in [0.5, 0.6) is 0 Å². The molecule has 24 heavy (non-hydrogen) atoms. The van der Waals surface area contributed by atoms with Gasteiger partial charge in [-0.1, -0.05) is 0 Å². The second-order valence-corrected chi connectivity index (χ2v) is 5.92. The highest BCUT2D eigenvalue weighted by Gasteiger charge is 2.57. The fourth-order valence-corrected chi connectivity index (χ4v) is 2.81. The second kappa shape index (κ2) is 7.43. The third-order valence-electron chi connectivity index (χ3n) is 4.30. The number of methoxy groups -OCH3 is 1. The topological polar surface area (TPSA) is 179 Å². The standard InChI is InChI=1S/C13H24O11/c1-21-2-6-9(17)11(19)13(5-15,24-6)22-3-7-8(16)10(18)12(20,4-14)23-7/h6-11,14-20H,2-5H2,1H3/t6?,7?,8?,9?,10?,11?,12-,13-/m1/s1. The van der Waals surface area contributed by atoms with Gasteiger partial charge in [-0.25, -0.2) is 0 Å². The summed E-state index contributed by atoms with van der Waals surface area (Å²) in [6, 6.07) is 0. The van der Waals surface area contributed by atoms with Gasteiger partial charge in [-0.3, -0.25) is 0 Å². The lowest BCUT2D eigenvalue weighted by molar-refractivity contribution is -0.296. The van der Waals surface area contributed by atoms with Crippen LogP contribution in [0.3, 0.4) is 0 Å². The van der Waals surface area contributed by atoms with Gasteiger partial charge in [0.15, 0.2) is 0 Å². The second-order valence-electron chi connectivity index (χ2n) is 5.92. The van der Waals surface area contributed by atoms with Gasteiger partial charge in [0.2, 0.25) is 11.6 Å². The van der Waals surface area contributed by atoms with Gasteiger partial charge in [0.05, 0.1) is 19.8 Å². The van der Waals surface area contributed by atoms with E-state index in [1.807, 2.05) is 0 Å². The third-order valence-corrected chi connectivity index (χ3v) is 4.30. The number of rotatable bonds is 7. The molecular formula is C13H24O11. The molecule has 0 spiro atoms. The minimum atomic E-state index is -2.35. The first kappa shape index (κ1) is 19.9. The van der Waals surface area contributed by atoms with E-state index >= 15 is 0 Å². The maximum Gasteiger partial charge on any atom is 0.221 e. The Morgan fingerprint density at radius 3 is 1.96 bits per heavy atom. The Bertz CT molecular complexity index is 423. The van der Waals surface area contributed by atoms with Gasteiger partial charge >= 0.3 is 0 Å². The summed E-state index contributed by atoms with van der Waals surface area (Å²) in [5, 5.41) is 67.9. The quantitative estimate of drug-likeness (QED) is 0.233. The zero-order valence-electron chi connectivity index (χ0n) is 13.1. The van der Waals surface area contributed by atoms with Crippen LogP contribution in [0.25, 0.3) is 0 Å². The largest absolute Gasteiger partial charge is 0.391 e. The van der Waals surface area contributed by atoms with Crippen molar-refractivity contribution in [3.05, 3.63) is 0 Å². The van der Waals surface area contributed by atoms with Crippen LogP contribution < -0.4 is 0 Å². The Kier molecular flexibility index (Phi) is 6.16. The summed E-state index contributed by atoms with van der Waals surface area (Å²) in [5.74, 6) is -4.34. The van der Waals surface area contributed by atoms with Crippen molar-refractivity contribution in [2.75, 3.05) is 33.5 Å². The average molecular weight is 356 g/mol. The zero-order chi connectivity index (χ0) is 18.1. The lowest BCUT2D eigenvalue weighted by Crippen LogP contribution is -2.50. The molecule has 2 heterocycles. The average Bonchev–Trinajstić information content (AvgIpc) is 2.95. The van der Waals surface area contributed by atoms with E-state index in [1.165, 1.54) is 7.11 Å². The summed E-state index contributed by atoms with van der Waals surface area (Å²) in [4.78, 5) is 0. The molecule has 2 aliphatic heterocycles. The van der Waals surface area contributed by atoms with Gasteiger partial charge in [-0.2, -0.15) is 0 Å². The highest BCUT2D eigenvalue weighted by Crippen LogP contribution is 2.35. The molecular weight excluding hydrogens is 332 g/mol. The van der Waals surface area contributed by atoms with Crippen LogP contribution in [-0.2, 0) is 18.9 Å². The minimum Gasteiger partial charge on any atom is -0.391 e. The first-order valence-corrected chi connectivity index (χ1v) is 7.39. The first-order valence-electron chi connectivity index (χ1n) is 7.39. The molecule has 2 rings (SSSR count). The lowest BCUT2D eigenvalue weighted by atomic mass is 10.0. The number of aliphatic hydroxyl groups excluding tert-OH is 6. The number of ether oxygens (including phenoxy) is 4. The maximum absolute atomic E-state index is 10.1. The monoisotopic (exact) mass is 356 g/mol. The molecule has 0 saturated carbocycles. The summed E-state index contributed by atoms with van der Waals surface area (Å²) in [6.45, 7) is -2.35. The minimum absolute atomic E-state index is 0.0606. The van der Waals surface area contributed by atoms with Crippen molar-refractivity contribution in [1.82, 2.24) is 0 Å². The molecule has 2 aliphatic rings. The SMILES string of the molecule is COCC1O[C@@](CO)(OCC2O[C@](O)(CO)C(O)C2O)C(O)C1O. The highest BCUT2D eigenvalue weighted by molar-refractivity contribution is 4.99. The van der Waals surface area contributed by atoms with Crippen molar-refractivity contribution in [3.63, 3.8) is 0 Å². The summed E-state index contributed by atoms with van der Waals surface area (Å²) in [5.41, 5.74) is 0. The summed E-state index contributed by atoms with van der Waals surface area (Å²) in [7, 11) is 1.36. The molecule has 0 aromatic heterocycles. The van der Waals surface area contributed by atoms with E-state index in [2.05, 4.69) is 0 Å². The smallest absolute Gasteiger partial charge is 0.221 e. The maximum atomic E-state index is 10.1. The van der Waals surface area contributed by atoms with E-state index in [0.717, 1.165) is 0 Å². The lowest BCUT2D eigenvalue weighted by Gasteiger charge is -2.31. The van der Waals surface area contributed by atoms with E-state index in [-0.39, 0.29) is 6.61 Å². The summed E-state index contributed by atoms with van der Waals surface area (Å²) < 4.78 is 20.5. The van der Waals surface area contributed by atoms with Crippen LogP contribution in [0.4, 0.5) is 0 Å². The first-order chi connectivity index (χ1) is 11.2. The molecule has 0 bridgehead atoms. The Labute approximate surface area is 137 Å². The fraction of sp³-hybridized carbons (Fsp3) is 1.00. The molecule has 7 N–H and O–H groups in total. The molecule has 2 saturated heterocycles. The number of aliphatic hydroxyl groups is 7. The molecule has 6 unspecified atom stereocenters. The van der Waals surface area contributed by atoms with Crippen molar-refractivity contribution in [2.45, 2.75) is 48.2 Å². The molecule has 0 amide bonds. The summed E-state index contributed by atoms with van der Waals surface area (Å²) in [6.07, 6.45) is -8.57. The van der Waals surface area contributed by atoms with Crippen molar-refractivity contribution in [2.24, 2.45) is 0 Å². The van der Waals surface area contributed by atoms with Crippen LogP contribution in [0.1, 0.15) is 0 Å². The molecule has 2 fully saturated rings. The van der Waals surface area contributed by atoms with Crippen molar-refractivity contribution >= 4 is 0 Å². The Balaban J connectivity index is 2.04. The van der Waals surface area contributed by atoms with Crippen molar-refractivity contribution in [1.29, 1.82) is 0 Å². The highest BCUT2D eigenvalue weighted by atomic mass is 16.8. The van der Waals surface area contributed by atoms with Crippen LogP contribution in [0.2, 0.25) is 0 Å². The predicted octanol–water partition coefficient (Wildman–Crippen LogP) is -4.74. The van der Waals surface area contributed by atoms with Crippen molar-refractivity contribution in [3.8, 4) is 0 Å². The number of hydrogen-bond donors (Lipinski definition) is 7. The van der Waals surface area contributed by atoms with E-state index in [9.17, 15) is 30.6 Å². The number of hydrogen-bond acceptors (Lipinski definition) is 11. The van der Waals surface area contributed by atoms with Gasteiger partial charge in [-0.15, -0.1) is 0 Å². The van der Waals surface area contributed by atoms with E-state index in [4.69, 9.17) is 24.1 Å². The molecule has 8 atom stereocenters. The fourth-order valence-electron chi connectivity index (χ4n) is 2.81. The van der Waals surface area contributed by atoms with Crippen LogP contribution >= 0.6 is 0 Å². The van der Waals surface area contributed by atoms with Gasteiger partial charge in [-0.05, 0) is 0 Å². The third kappa shape index (κ3) is 3.30. The molecule has 0 radical (unpaired) electrons. The zero-order valence-corrected chi connectivity index (χ0v) is 13.1. The Morgan fingerprint density at radius 1 is 0.875 bits per heavy atom. The predicted molar refractivity (Wildman–Crippen MR) is 73.5 cm³/mol. The van der Waals surface area contributed by atoms with E-state index < -0.39 is 68.0 Å².